The first-order valence-electron chi connectivity index (χ1n) is 8.64. The van der Waals surface area contributed by atoms with Crippen LogP contribution in [-0.4, -0.2) is 17.4 Å². The smallest absolute Gasteiger partial charge is 0.322 e. The Morgan fingerprint density at radius 1 is 1.04 bits per heavy atom. The topological polar surface area (TPSA) is 43.4 Å². The van der Waals surface area contributed by atoms with E-state index in [0.717, 1.165) is 29.5 Å². The van der Waals surface area contributed by atoms with Gasteiger partial charge < -0.3 is 4.74 Å². The Morgan fingerprint density at radius 3 is 2.48 bits per heavy atom. The molecule has 1 saturated heterocycles. The molecule has 2 aromatic carbocycles. The maximum atomic E-state index is 13.5. The van der Waals surface area contributed by atoms with Crippen molar-refractivity contribution in [3.8, 4) is 11.1 Å². The number of Topliss-reactive ketones (excluding diaryl/α,β-unsaturated/α-hetero) is 1. The van der Waals surface area contributed by atoms with Crippen LogP contribution in [0, 0.1) is 12.7 Å². The van der Waals surface area contributed by atoms with Gasteiger partial charge in [-0.3, -0.25) is 9.59 Å². The highest BCUT2D eigenvalue weighted by Crippen LogP contribution is 2.45. The van der Waals surface area contributed by atoms with Crippen molar-refractivity contribution in [3.05, 3.63) is 59.4 Å². The molecule has 25 heavy (non-hydrogen) atoms. The Hall–Kier alpha value is -2.49. The van der Waals surface area contributed by atoms with Gasteiger partial charge in [0, 0.05) is 0 Å². The molecular weight excluding hydrogens is 319 g/mol. The van der Waals surface area contributed by atoms with Crippen LogP contribution < -0.4 is 0 Å². The number of aryl methyl sites for hydroxylation is 1. The molecule has 1 aliphatic heterocycles. The summed E-state index contributed by atoms with van der Waals surface area (Å²) in [5.74, 6) is -1.76. The molecule has 128 valence electrons. The third-order valence-corrected chi connectivity index (χ3v) is 5.40. The van der Waals surface area contributed by atoms with Gasteiger partial charge in [0.05, 0.1) is 0 Å². The third-order valence-electron chi connectivity index (χ3n) is 5.40. The number of ketones is 1. The number of carbonyl (C=O) groups excluding carboxylic acids is 2. The van der Waals surface area contributed by atoms with Gasteiger partial charge in [0.1, 0.15) is 11.7 Å². The van der Waals surface area contributed by atoms with Crippen LogP contribution in [0.4, 0.5) is 4.39 Å². The van der Waals surface area contributed by atoms with Crippen LogP contribution >= 0.6 is 0 Å². The standard InChI is InChI=1S/C21H19FO3/c1-13-7-8-15(14-5-4-6-16(22)11-14)12-17(13)18-19(23)21(25-20(18)24)9-2-3-10-21/h4-8,11-12,18H,2-3,9-10H2,1H3. The second-order valence-corrected chi connectivity index (χ2v) is 7.00. The fourth-order valence-electron chi connectivity index (χ4n) is 4.03. The van der Waals surface area contributed by atoms with E-state index < -0.39 is 17.5 Å². The Kier molecular flexibility index (Phi) is 3.71. The second kappa shape index (κ2) is 5.80. The number of esters is 1. The van der Waals surface area contributed by atoms with E-state index >= 15 is 0 Å². The molecule has 1 aliphatic carbocycles. The summed E-state index contributed by atoms with van der Waals surface area (Å²) in [5, 5.41) is 0. The predicted octanol–water partition coefficient (Wildman–Crippen LogP) is 4.32. The van der Waals surface area contributed by atoms with Gasteiger partial charge >= 0.3 is 5.97 Å². The van der Waals surface area contributed by atoms with Crippen LogP contribution in [0.3, 0.4) is 0 Å². The van der Waals surface area contributed by atoms with Crippen molar-refractivity contribution in [1.82, 2.24) is 0 Å². The van der Waals surface area contributed by atoms with Crippen LogP contribution in [0.5, 0.6) is 0 Å². The van der Waals surface area contributed by atoms with E-state index in [1.54, 1.807) is 6.07 Å². The molecule has 2 fully saturated rings. The predicted molar refractivity (Wildman–Crippen MR) is 91.6 cm³/mol. The summed E-state index contributed by atoms with van der Waals surface area (Å²) in [6.07, 6.45) is 3.07. The van der Waals surface area contributed by atoms with E-state index in [2.05, 4.69) is 0 Å². The van der Waals surface area contributed by atoms with Crippen molar-refractivity contribution in [3.63, 3.8) is 0 Å². The first-order chi connectivity index (χ1) is 12.0. The first-order valence-corrected chi connectivity index (χ1v) is 8.64. The van der Waals surface area contributed by atoms with E-state index in [9.17, 15) is 14.0 Å². The number of carbonyl (C=O) groups is 2. The van der Waals surface area contributed by atoms with Crippen LogP contribution in [0.15, 0.2) is 42.5 Å². The lowest BCUT2D eigenvalue weighted by Gasteiger charge is -2.19. The summed E-state index contributed by atoms with van der Waals surface area (Å²) >= 11 is 0. The lowest BCUT2D eigenvalue weighted by atomic mass is 9.84. The highest BCUT2D eigenvalue weighted by Gasteiger charge is 2.56. The molecule has 0 amide bonds. The molecule has 0 radical (unpaired) electrons. The van der Waals surface area contributed by atoms with E-state index in [1.807, 2.05) is 31.2 Å². The maximum absolute atomic E-state index is 13.5. The molecule has 2 aromatic rings. The van der Waals surface area contributed by atoms with Gasteiger partial charge in [-0.05, 0) is 73.1 Å². The summed E-state index contributed by atoms with van der Waals surface area (Å²) in [6.45, 7) is 1.88. The summed E-state index contributed by atoms with van der Waals surface area (Å²) in [4.78, 5) is 25.5. The molecule has 1 atom stereocenters. The van der Waals surface area contributed by atoms with E-state index in [-0.39, 0.29) is 11.6 Å². The SMILES string of the molecule is Cc1ccc(-c2cccc(F)c2)cc1C1C(=O)OC2(CCCC2)C1=O. The van der Waals surface area contributed by atoms with Gasteiger partial charge in [0.15, 0.2) is 11.4 Å². The minimum atomic E-state index is -0.914. The molecule has 0 N–H and O–H groups in total. The van der Waals surface area contributed by atoms with Gasteiger partial charge in [-0.2, -0.15) is 0 Å². The Balaban J connectivity index is 1.76. The average Bonchev–Trinajstić information content (AvgIpc) is 3.14. The molecule has 4 rings (SSSR count). The van der Waals surface area contributed by atoms with Crippen LogP contribution in [0.2, 0.25) is 0 Å². The van der Waals surface area contributed by atoms with Crippen molar-refractivity contribution in [2.75, 3.05) is 0 Å². The number of ether oxygens (including phenoxy) is 1. The summed E-state index contributed by atoms with van der Waals surface area (Å²) in [7, 11) is 0. The van der Waals surface area contributed by atoms with Crippen LogP contribution in [-0.2, 0) is 14.3 Å². The molecule has 1 unspecified atom stereocenters. The zero-order valence-electron chi connectivity index (χ0n) is 14.0. The van der Waals surface area contributed by atoms with Crippen molar-refractivity contribution in [2.45, 2.75) is 44.1 Å². The lowest BCUT2D eigenvalue weighted by Crippen LogP contribution is -2.33. The average molecular weight is 338 g/mol. The van der Waals surface area contributed by atoms with E-state index in [4.69, 9.17) is 4.74 Å². The number of rotatable bonds is 2. The zero-order chi connectivity index (χ0) is 17.6. The van der Waals surface area contributed by atoms with Crippen molar-refractivity contribution in [1.29, 1.82) is 0 Å². The summed E-state index contributed by atoms with van der Waals surface area (Å²) < 4.78 is 19.1. The molecule has 1 spiro atoms. The van der Waals surface area contributed by atoms with E-state index in [1.165, 1.54) is 12.1 Å². The van der Waals surface area contributed by atoms with Gasteiger partial charge in [-0.1, -0.05) is 24.3 Å². The molecule has 0 aromatic heterocycles. The van der Waals surface area contributed by atoms with E-state index in [0.29, 0.717) is 18.4 Å². The fourth-order valence-corrected chi connectivity index (χ4v) is 4.03. The van der Waals surface area contributed by atoms with Gasteiger partial charge in [0.25, 0.3) is 0 Å². The zero-order valence-corrected chi connectivity index (χ0v) is 14.0. The Labute approximate surface area is 145 Å². The van der Waals surface area contributed by atoms with Crippen molar-refractivity contribution < 1.29 is 18.7 Å². The van der Waals surface area contributed by atoms with Crippen LogP contribution in [0.1, 0.15) is 42.7 Å². The highest BCUT2D eigenvalue weighted by molar-refractivity contribution is 6.14. The minimum absolute atomic E-state index is 0.116. The summed E-state index contributed by atoms with van der Waals surface area (Å²) in [6, 6.07) is 11.9. The second-order valence-electron chi connectivity index (χ2n) is 7.00. The largest absolute Gasteiger partial charge is 0.450 e. The van der Waals surface area contributed by atoms with Gasteiger partial charge in [-0.25, -0.2) is 4.39 Å². The van der Waals surface area contributed by atoms with Crippen molar-refractivity contribution in [2.24, 2.45) is 0 Å². The molecule has 4 heteroatoms. The molecule has 0 bridgehead atoms. The number of hydrogen-bond acceptors (Lipinski definition) is 3. The van der Waals surface area contributed by atoms with Gasteiger partial charge in [0.2, 0.25) is 0 Å². The minimum Gasteiger partial charge on any atom is -0.450 e. The normalized spacial score (nSPS) is 21.8. The number of hydrogen-bond donors (Lipinski definition) is 0. The number of halogens is 1. The van der Waals surface area contributed by atoms with Crippen molar-refractivity contribution >= 4 is 11.8 Å². The molecule has 2 aliphatic rings. The number of benzene rings is 2. The summed E-state index contributed by atoms with van der Waals surface area (Å²) in [5.41, 5.74) is 2.12. The lowest BCUT2D eigenvalue weighted by molar-refractivity contribution is -0.151. The molecule has 3 nitrogen and oxygen atoms in total. The maximum Gasteiger partial charge on any atom is 0.322 e. The highest BCUT2D eigenvalue weighted by atomic mass is 19.1. The van der Waals surface area contributed by atoms with Crippen LogP contribution in [0.25, 0.3) is 11.1 Å². The Morgan fingerprint density at radius 2 is 1.76 bits per heavy atom. The molecule has 1 saturated carbocycles. The monoisotopic (exact) mass is 338 g/mol. The third kappa shape index (κ3) is 2.56. The fraction of sp³-hybridized carbons (Fsp3) is 0.333. The Bertz CT molecular complexity index is 865. The first kappa shape index (κ1) is 16.0. The molecular formula is C21H19FO3. The van der Waals surface area contributed by atoms with Gasteiger partial charge in [-0.15, -0.1) is 0 Å². The molecule has 1 heterocycles. The quantitative estimate of drug-likeness (QED) is 0.605.